The first-order chi connectivity index (χ1) is 10.7. The van der Waals surface area contributed by atoms with E-state index in [1.54, 1.807) is 6.92 Å². The number of carbonyl (C=O) groups is 2. The highest BCUT2D eigenvalue weighted by Crippen LogP contribution is 2.13. The highest BCUT2D eigenvalue weighted by atomic mass is 16.5. The normalized spacial score (nSPS) is 17.9. The maximum atomic E-state index is 12.3. The Hall–Kier alpha value is -2.04. The molecule has 0 aromatic heterocycles. The Morgan fingerprint density at radius 3 is 2.82 bits per heavy atom. The smallest absolute Gasteiger partial charge is 0.407 e. The molecule has 1 saturated heterocycles. The van der Waals surface area contributed by atoms with E-state index in [-0.39, 0.29) is 11.9 Å². The van der Waals surface area contributed by atoms with Gasteiger partial charge in [0, 0.05) is 25.6 Å². The first kappa shape index (κ1) is 16.3. The summed E-state index contributed by atoms with van der Waals surface area (Å²) in [6.45, 7) is 3.49. The van der Waals surface area contributed by atoms with E-state index in [0.29, 0.717) is 19.6 Å². The monoisotopic (exact) mass is 304 g/mol. The second kappa shape index (κ2) is 8.41. The van der Waals surface area contributed by atoms with Crippen LogP contribution in [0.1, 0.15) is 31.7 Å². The van der Waals surface area contributed by atoms with Crippen LogP contribution in [0.15, 0.2) is 30.3 Å². The zero-order chi connectivity index (χ0) is 15.8. The van der Waals surface area contributed by atoms with Crippen molar-refractivity contribution in [1.82, 2.24) is 10.2 Å². The van der Waals surface area contributed by atoms with Crippen molar-refractivity contribution in [1.29, 1.82) is 0 Å². The number of piperidine rings is 1. The van der Waals surface area contributed by atoms with Gasteiger partial charge >= 0.3 is 6.09 Å². The highest BCUT2D eigenvalue weighted by molar-refractivity contribution is 5.76. The zero-order valence-electron chi connectivity index (χ0n) is 13.1. The van der Waals surface area contributed by atoms with Gasteiger partial charge in [-0.15, -0.1) is 0 Å². The third-order valence-corrected chi connectivity index (χ3v) is 3.84. The van der Waals surface area contributed by atoms with Gasteiger partial charge in [0.25, 0.3) is 0 Å². The fourth-order valence-electron chi connectivity index (χ4n) is 2.71. The average Bonchev–Trinajstić information content (AvgIpc) is 2.54. The number of likely N-dealkylation sites (tertiary alicyclic amines) is 1. The molecule has 5 nitrogen and oxygen atoms in total. The van der Waals surface area contributed by atoms with Crippen LogP contribution in [0.4, 0.5) is 4.79 Å². The third kappa shape index (κ3) is 5.06. The van der Waals surface area contributed by atoms with E-state index in [9.17, 15) is 9.59 Å². The second-order valence-corrected chi connectivity index (χ2v) is 5.53. The van der Waals surface area contributed by atoms with Crippen molar-refractivity contribution in [3.05, 3.63) is 35.9 Å². The molecular formula is C17H24N2O3. The average molecular weight is 304 g/mol. The molecule has 1 heterocycles. The van der Waals surface area contributed by atoms with E-state index < -0.39 is 6.09 Å². The number of nitrogens with one attached hydrogen (secondary N) is 1. The second-order valence-electron chi connectivity index (χ2n) is 5.53. The molecule has 2 rings (SSSR count). The van der Waals surface area contributed by atoms with E-state index in [4.69, 9.17) is 4.74 Å². The van der Waals surface area contributed by atoms with Crippen LogP contribution in [-0.2, 0) is 16.0 Å². The molecule has 1 aliphatic rings. The summed E-state index contributed by atoms with van der Waals surface area (Å²) in [4.78, 5) is 25.6. The third-order valence-electron chi connectivity index (χ3n) is 3.84. The first-order valence-corrected chi connectivity index (χ1v) is 7.94. The number of hydrogen-bond donors (Lipinski definition) is 1. The molecule has 2 amide bonds. The molecule has 1 atom stereocenters. The molecular weight excluding hydrogens is 280 g/mol. The van der Waals surface area contributed by atoms with Crippen molar-refractivity contribution >= 4 is 12.0 Å². The van der Waals surface area contributed by atoms with E-state index in [2.05, 4.69) is 5.32 Å². The lowest BCUT2D eigenvalue weighted by Gasteiger charge is -2.33. The molecule has 1 fully saturated rings. The van der Waals surface area contributed by atoms with Gasteiger partial charge in [-0.1, -0.05) is 30.3 Å². The van der Waals surface area contributed by atoms with Gasteiger partial charge in [0.1, 0.15) is 0 Å². The number of aryl methyl sites for hydroxylation is 1. The Bertz CT molecular complexity index is 490. The summed E-state index contributed by atoms with van der Waals surface area (Å²) in [6.07, 6.45) is 2.67. The van der Waals surface area contributed by atoms with Crippen LogP contribution in [0.25, 0.3) is 0 Å². The van der Waals surface area contributed by atoms with Crippen molar-refractivity contribution in [2.45, 2.75) is 38.6 Å². The van der Waals surface area contributed by atoms with Crippen LogP contribution in [0, 0.1) is 0 Å². The van der Waals surface area contributed by atoms with Gasteiger partial charge in [0.15, 0.2) is 0 Å². The molecule has 22 heavy (non-hydrogen) atoms. The van der Waals surface area contributed by atoms with Crippen molar-refractivity contribution in [3.8, 4) is 0 Å². The van der Waals surface area contributed by atoms with Crippen LogP contribution in [-0.4, -0.2) is 42.6 Å². The van der Waals surface area contributed by atoms with Gasteiger partial charge in [-0.3, -0.25) is 4.79 Å². The quantitative estimate of drug-likeness (QED) is 0.908. The number of carbonyl (C=O) groups excluding carboxylic acids is 2. The minimum atomic E-state index is -0.397. The lowest BCUT2D eigenvalue weighted by atomic mass is 10.0. The summed E-state index contributed by atoms with van der Waals surface area (Å²) in [7, 11) is 0. The minimum Gasteiger partial charge on any atom is -0.450 e. The van der Waals surface area contributed by atoms with Crippen LogP contribution in [0.3, 0.4) is 0 Å². The Balaban J connectivity index is 1.78. The summed E-state index contributed by atoms with van der Waals surface area (Å²) < 4.78 is 4.89. The predicted molar refractivity (Wildman–Crippen MR) is 84.5 cm³/mol. The molecule has 1 N–H and O–H groups in total. The molecule has 0 bridgehead atoms. The number of nitrogens with zero attached hydrogens (tertiary/aromatic N) is 1. The van der Waals surface area contributed by atoms with Crippen molar-refractivity contribution in [2.75, 3.05) is 19.7 Å². The summed E-state index contributed by atoms with van der Waals surface area (Å²) in [6, 6.07) is 10.0. The Labute approximate surface area is 131 Å². The maximum Gasteiger partial charge on any atom is 0.407 e. The van der Waals surface area contributed by atoms with Crippen LogP contribution >= 0.6 is 0 Å². The predicted octanol–water partition coefficient (Wildman–Crippen LogP) is 2.36. The van der Waals surface area contributed by atoms with Crippen LogP contribution in [0.2, 0.25) is 0 Å². The number of benzene rings is 1. The van der Waals surface area contributed by atoms with Gasteiger partial charge in [-0.05, 0) is 31.7 Å². The largest absolute Gasteiger partial charge is 0.450 e. The summed E-state index contributed by atoms with van der Waals surface area (Å²) in [5.74, 6) is 0.152. The fraction of sp³-hybridized carbons (Fsp3) is 0.529. The van der Waals surface area contributed by atoms with Crippen molar-refractivity contribution in [2.24, 2.45) is 0 Å². The number of amides is 2. The summed E-state index contributed by atoms with van der Waals surface area (Å²) >= 11 is 0. The number of alkyl carbamates (subject to hydrolysis) is 1. The molecule has 0 spiro atoms. The molecule has 5 heteroatoms. The summed E-state index contributed by atoms with van der Waals surface area (Å²) in [5, 5.41) is 2.82. The Morgan fingerprint density at radius 2 is 2.09 bits per heavy atom. The van der Waals surface area contributed by atoms with E-state index in [1.165, 1.54) is 5.56 Å². The number of ether oxygens (including phenoxy) is 1. The number of rotatable bonds is 5. The molecule has 0 saturated carbocycles. The molecule has 0 aliphatic carbocycles. The molecule has 1 aromatic rings. The van der Waals surface area contributed by atoms with Crippen LogP contribution in [0.5, 0.6) is 0 Å². The lowest BCUT2D eigenvalue weighted by Crippen LogP contribution is -2.49. The van der Waals surface area contributed by atoms with Crippen molar-refractivity contribution in [3.63, 3.8) is 0 Å². The summed E-state index contributed by atoms with van der Waals surface area (Å²) in [5.41, 5.74) is 1.18. The Kier molecular flexibility index (Phi) is 6.25. The fourth-order valence-corrected chi connectivity index (χ4v) is 2.71. The molecule has 1 unspecified atom stereocenters. The van der Waals surface area contributed by atoms with Gasteiger partial charge in [0.2, 0.25) is 5.91 Å². The van der Waals surface area contributed by atoms with Gasteiger partial charge in [-0.25, -0.2) is 4.79 Å². The molecule has 120 valence electrons. The zero-order valence-corrected chi connectivity index (χ0v) is 13.1. The highest BCUT2D eigenvalue weighted by Gasteiger charge is 2.24. The van der Waals surface area contributed by atoms with Gasteiger partial charge < -0.3 is 15.0 Å². The van der Waals surface area contributed by atoms with Gasteiger partial charge in [0.05, 0.1) is 6.61 Å². The first-order valence-electron chi connectivity index (χ1n) is 7.94. The molecule has 1 aromatic carbocycles. The SMILES string of the molecule is CCOC(=O)NC1CCCN(C(=O)CCc2ccccc2)C1. The van der Waals surface area contributed by atoms with Crippen molar-refractivity contribution < 1.29 is 14.3 Å². The standard InChI is InChI=1S/C17H24N2O3/c1-2-22-17(21)18-15-9-6-12-19(13-15)16(20)11-10-14-7-4-3-5-8-14/h3-5,7-8,15H,2,6,9-13H2,1H3,(H,18,21). The van der Waals surface area contributed by atoms with E-state index in [0.717, 1.165) is 25.8 Å². The topological polar surface area (TPSA) is 58.6 Å². The van der Waals surface area contributed by atoms with Gasteiger partial charge in [-0.2, -0.15) is 0 Å². The van der Waals surface area contributed by atoms with E-state index in [1.807, 2.05) is 35.2 Å². The van der Waals surface area contributed by atoms with E-state index >= 15 is 0 Å². The van der Waals surface area contributed by atoms with Crippen LogP contribution < -0.4 is 5.32 Å². The lowest BCUT2D eigenvalue weighted by molar-refractivity contribution is -0.132. The number of hydrogen-bond acceptors (Lipinski definition) is 3. The minimum absolute atomic E-state index is 0.00604. The molecule has 1 aliphatic heterocycles. The molecule has 0 radical (unpaired) electrons. The maximum absolute atomic E-state index is 12.3. The Morgan fingerprint density at radius 1 is 1.32 bits per heavy atom.